The summed E-state index contributed by atoms with van der Waals surface area (Å²) < 4.78 is 10.7. The zero-order valence-corrected chi connectivity index (χ0v) is 16.1. The van der Waals surface area contributed by atoms with Crippen molar-refractivity contribution < 1.29 is 18.8 Å². The Bertz CT molecular complexity index is 1020. The standard InChI is InChI=1S/C21H20N4O4/c1-13-5-7-17(8-6-13)25-12-16(10-18(25)26)21(27)28-14(2)20-23-19(24-29-20)15-4-3-9-22-11-15/h3-9,11,14,16H,10,12H2,1-2H3/t14-,16+/m0/s1. The highest BCUT2D eigenvalue weighted by molar-refractivity contribution is 5.99. The van der Waals surface area contributed by atoms with Crippen LogP contribution in [0.2, 0.25) is 0 Å². The van der Waals surface area contributed by atoms with Crippen molar-refractivity contribution in [3.8, 4) is 11.4 Å². The number of carbonyl (C=O) groups is 2. The zero-order valence-electron chi connectivity index (χ0n) is 16.1. The molecule has 0 saturated carbocycles. The lowest BCUT2D eigenvalue weighted by atomic mass is 10.1. The van der Waals surface area contributed by atoms with Crippen LogP contribution in [0, 0.1) is 12.8 Å². The molecule has 4 rings (SSSR count). The fourth-order valence-electron chi connectivity index (χ4n) is 3.17. The van der Waals surface area contributed by atoms with Crippen LogP contribution in [0.1, 0.15) is 30.9 Å². The number of benzene rings is 1. The Balaban J connectivity index is 1.40. The van der Waals surface area contributed by atoms with E-state index in [1.165, 1.54) is 0 Å². The summed E-state index contributed by atoms with van der Waals surface area (Å²) in [5.74, 6) is -0.525. The Morgan fingerprint density at radius 3 is 2.79 bits per heavy atom. The molecule has 0 aliphatic carbocycles. The molecule has 2 aromatic heterocycles. The van der Waals surface area contributed by atoms with Crippen LogP contribution < -0.4 is 4.90 Å². The van der Waals surface area contributed by atoms with Gasteiger partial charge in [0, 0.05) is 36.6 Å². The van der Waals surface area contributed by atoms with E-state index in [1.54, 1.807) is 30.3 Å². The van der Waals surface area contributed by atoms with Gasteiger partial charge < -0.3 is 14.2 Å². The summed E-state index contributed by atoms with van der Waals surface area (Å²) >= 11 is 0. The van der Waals surface area contributed by atoms with Crippen LogP contribution in [0.3, 0.4) is 0 Å². The van der Waals surface area contributed by atoms with E-state index >= 15 is 0 Å². The van der Waals surface area contributed by atoms with Crippen molar-refractivity contribution >= 4 is 17.6 Å². The number of aryl methyl sites for hydroxylation is 1. The van der Waals surface area contributed by atoms with Gasteiger partial charge >= 0.3 is 5.97 Å². The maximum Gasteiger partial charge on any atom is 0.312 e. The van der Waals surface area contributed by atoms with Gasteiger partial charge in [-0.15, -0.1) is 0 Å². The molecule has 1 aliphatic rings. The van der Waals surface area contributed by atoms with Crippen molar-refractivity contribution in [3.05, 3.63) is 60.2 Å². The van der Waals surface area contributed by atoms with Crippen LogP contribution in [-0.4, -0.2) is 33.5 Å². The minimum absolute atomic E-state index is 0.0971. The molecule has 148 valence electrons. The predicted octanol–water partition coefficient (Wildman–Crippen LogP) is 3.10. The molecule has 3 heterocycles. The number of hydrogen-bond acceptors (Lipinski definition) is 7. The molecule has 1 fully saturated rings. The van der Waals surface area contributed by atoms with Crippen molar-refractivity contribution in [1.82, 2.24) is 15.1 Å². The summed E-state index contributed by atoms with van der Waals surface area (Å²) in [6.07, 6.45) is 2.67. The Morgan fingerprint density at radius 1 is 1.28 bits per heavy atom. The van der Waals surface area contributed by atoms with E-state index in [-0.39, 0.29) is 24.8 Å². The molecular weight excluding hydrogens is 372 g/mol. The summed E-state index contributed by atoms with van der Waals surface area (Å²) in [7, 11) is 0. The van der Waals surface area contributed by atoms with Crippen LogP contribution in [0.5, 0.6) is 0 Å². The van der Waals surface area contributed by atoms with E-state index in [4.69, 9.17) is 9.26 Å². The van der Waals surface area contributed by atoms with Gasteiger partial charge in [0.05, 0.1) is 5.92 Å². The first kappa shape index (κ1) is 18.8. The van der Waals surface area contributed by atoms with Crippen LogP contribution in [0.25, 0.3) is 11.4 Å². The summed E-state index contributed by atoms with van der Waals surface area (Å²) in [5.41, 5.74) is 2.59. The van der Waals surface area contributed by atoms with E-state index in [1.807, 2.05) is 37.3 Å². The van der Waals surface area contributed by atoms with Crippen molar-refractivity contribution in [2.45, 2.75) is 26.4 Å². The quantitative estimate of drug-likeness (QED) is 0.615. The molecule has 1 aliphatic heterocycles. The van der Waals surface area contributed by atoms with E-state index in [2.05, 4.69) is 15.1 Å². The number of pyridine rings is 1. The average Bonchev–Trinajstić information content (AvgIpc) is 3.37. The first-order valence-electron chi connectivity index (χ1n) is 9.33. The van der Waals surface area contributed by atoms with Gasteiger partial charge in [0.1, 0.15) is 0 Å². The normalized spacial score (nSPS) is 17.4. The van der Waals surface area contributed by atoms with Gasteiger partial charge in [0.15, 0.2) is 6.10 Å². The predicted molar refractivity (Wildman–Crippen MR) is 104 cm³/mol. The van der Waals surface area contributed by atoms with Gasteiger partial charge in [-0.2, -0.15) is 4.98 Å². The molecule has 2 atom stereocenters. The number of rotatable bonds is 5. The minimum atomic E-state index is -0.719. The largest absolute Gasteiger partial charge is 0.452 e. The summed E-state index contributed by atoms with van der Waals surface area (Å²) in [6.45, 7) is 3.93. The van der Waals surface area contributed by atoms with Gasteiger partial charge in [0.25, 0.3) is 5.89 Å². The Labute approximate surface area is 167 Å². The summed E-state index contributed by atoms with van der Waals surface area (Å²) in [4.78, 5) is 34.8. The number of amides is 1. The second-order valence-corrected chi connectivity index (χ2v) is 7.02. The molecule has 3 aromatic rings. The fourth-order valence-corrected chi connectivity index (χ4v) is 3.17. The molecular formula is C21H20N4O4. The third-order valence-electron chi connectivity index (χ3n) is 4.81. The van der Waals surface area contributed by atoms with Crippen LogP contribution >= 0.6 is 0 Å². The molecule has 29 heavy (non-hydrogen) atoms. The lowest BCUT2D eigenvalue weighted by Gasteiger charge is -2.17. The second-order valence-electron chi connectivity index (χ2n) is 7.02. The van der Waals surface area contributed by atoms with Gasteiger partial charge in [-0.25, -0.2) is 0 Å². The number of esters is 1. The third-order valence-corrected chi connectivity index (χ3v) is 4.81. The Morgan fingerprint density at radius 2 is 2.07 bits per heavy atom. The highest BCUT2D eigenvalue weighted by atomic mass is 16.6. The number of anilines is 1. The van der Waals surface area contributed by atoms with Crippen molar-refractivity contribution in [2.75, 3.05) is 11.4 Å². The number of nitrogens with zero attached hydrogens (tertiary/aromatic N) is 4. The number of hydrogen-bond donors (Lipinski definition) is 0. The van der Waals surface area contributed by atoms with Gasteiger partial charge in [-0.1, -0.05) is 22.9 Å². The molecule has 8 heteroatoms. The molecule has 1 amide bonds. The molecule has 1 saturated heterocycles. The monoisotopic (exact) mass is 392 g/mol. The van der Waals surface area contributed by atoms with Gasteiger partial charge in [0.2, 0.25) is 11.7 Å². The summed E-state index contributed by atoms with van der Waals surface area (Å²) in [6, 6.07) is 11.2. The first-order chi connectivity index (χ1) is 14.0. The first-order valence-corrected chi connectivity index (χ1v) is 9.33. The van der Waals surface area contributed by atoms with E-state index in [0.717, 1.165) is 11.3 Å². The smallest absolute Gasteiger partial charge is 0.312 e. The van der Waals surface area contributed by atoms with E-state index in [9.17, 15) is 9.59 Å². The fraction of sp³-hybridized carbons (Fsp3) is 0.286. The molecule has 1 aromatic carbocycles. The zero-order chi connectivity index (χ0) is 20.4. The molecule has 0 N–H and O–H groups in total. The summed E-state index contributed by atoms with van der Waals surface area (Å²) in [5, 5.41) is 3.90. The minimum Gasteiger partial charge on any atom is -0.452 e. The average molecular weight is 392 g/mol. The molecule has 0 bridgehead atoms. The second kappa shape index (κ2) is 7.83. The van der Waals surface area contributed by atoms with Gasteiger partial charge in [-0.05, 0) is 38.1 Å². The number of aromatic nitrogens is 3. The topological polar surface area (TPSA) is 98.4 Å². The maximum atomic E-state index is 12.6. The Hall–Kier alpha value is -3.55. The van der Waals surface area contributed by atoms with Crippen molar-refractivity contribution in [3.63, 3.8) is 0 Å². The SMILES string of the molecule is Cc1ccc(N2C[C@H](C(=O)O[C@@H](C)c3nc(-c4cccnc4)no3)CC2=O)cc1. The lowest BCUT2D eigenvalue weighted by molar-refractivity contribution is -0.154. The number of carbonyl (C=O) groups excluding carboxylic acids is 2. The number of ether oxygens (including phenoxy) is 1. The highest BCUT2D eigenvalue weighted by Gasteiger charge is 2.37. The lowest BCUT2D eigenvalue weighted by Crippen LogP contribution is -2.26. The molecule has 0 unspecified atom stereocenters. The van der Waals surface area contributed by atoms with Crippen LogP contribution in [-0.2, 0) is 14.3 Å². The highest BCUT2D eigenvalue weighted by Crippen LogP contribution is 2.28. The molecule has 0 spiro atoms. The third kappa shape index (κ3) is 4.01. The van der Waals surface area contributed by atoms with Crippen LogP contribution in [0.4, 0.5) is 5.69 Å². The Kier molecular flexibility index (Phi) is 5.07. The maximum absolute atomic E-state index is 12.6. The molecule has 8 nitrogen and oxygen atoms in total. The van der Waals surface area contributed by atoms with Gasteiger partial charge in [-0.3, -0.25) is 14.6 Å². The van der Waals surface area contributed by atoms with E-state index < -0.39 is 18.0 Å². The van der Waals surface area contributed by atoms with Crippen LogP contribution in [0.15, 0.2) is 53.3 Å². The van der Waals surface area contributed by atoms with E-state index in [0.29, 0.717) is 11.4 Å². The van der Waals surface area contributed by atoms with Crippen molar-refractivity contribution in [1.29, 1.82) is 0 Å². The van der Waals surface area contributed by atoms with Crippen molar-refractivity contribution in [2.24, 2.45) is 5.92 Å². The molecule has 0 radical (unpaired) electrons.